The Morgan fingerprint density at radius 1 is 1.44 bits per heavy atom. The number of aromatic amines is 1. The van der Waals surface area contributed by atoms with Crippen molar-refractivity contribution < 1.29 is 9.90 Å². The molecule has 0 fully saturated rings. The van der Waals surface area contributed by atoms with Gasteiger partial charge in [-0.1, -0.05) is 6.07 Å². The second kappa shape index (κ2) is 5.43. The van der Waals surface area contributed by atoms with Crippen molar-refractivity contribution in [1.29, 1.82) is 0 Å². The molecule has 1 aromatic carbocycles. The molecule has 18 heavy (non-hydrogen) atoms. The molecule has 2 rings (SSSR count). The van der Waals surface area contributed by atoms with Gasteiger partial charge in [0, 0.05) is 21.1 Å². The number of H-pyrrole nitrogens is 1. The van der Waals surface area contributed by atoms with Crippen LogP contribution < -0.4 is 5.32 Å². The Labute approximate surface area is 119 Å². The van der Waals surface area contributed by atoms with E-state index in [1.165, 1.54) is 0 Å². The molecule has 0 bridgehead atoms. The lowest BCUT2D eigenvalue weighted by Gasteiger charge is -2.09. The Kier molecular flexibility index (Phi) is 3.90. The molecule has 0 spiro atoms. The van der Waals surface area contributed by atoms with Crippen LogP contribution in [-0.4, -0.2) is 16.1 Å². The van der Waals surface area contributed by atoms with Crippen LogP contribution in [0.25, 0.3) is 0 Å². The van der Waals surface area contributed by atoms with Crippen LogP contribution >= 0.6 is 22.6 Å². The summed E-state index contributed by atoms with van der Waals surface area (Å²) in [6, 6.07) is 7.69. The van der Waals surface area contributed by atoms with Gasteiger partial charge in [-0.15, -0.1) is 0 Å². The molecule has 0 aliphatic rings. The summed E-state index contributed by atoms with van der Waals surface area (Å²) in [5.74, 6) is -0.910. The van der Waals surface area contributed by atoms with E-state index in [4.69, 9.17) is 5.11 Å². The Balaban J connectivity index is 2.14. The quantitative estimate of drug-likeness (QED) is 0.737. The van der Waals surface area contributed by atoms with E-state index in [2.05, 4.69) is 32.9 Å². The van der Waals surface area contributed by atoms with Crippen LogP contribution in [0.1, 0.15) is 21.6 Å². The normalized spacial score (nSPS) is 10.3. The van der Waals surface area contributed by atoms with Crippen molar-refractivity contribution in [3.63, 3.8) is 0 Å². The summed E-state index contributed by atoms with van der Waals surface area (Å²) < 4.78 is 1.14. The van der Waals surface area contributed by atoms with E-state index in [9.17, 15) is 4.79 Å². The highest BCUT2D eigenvalue weighted by Crippen LogP contribution is 2.19. The minimum atomic E-state index is -0.910. The largest absolute Gasteiger partial charge is 0.478 e. The fourth-order valence-electron chi connectivity index (χ4n) is 1.72. The van der Waals surface area contributed by atoms with E-state index in [1.807, 2.05) is 25.1 Å². The molecule has 0 saturated carbocycles. The molecule has 4 nitrogen and oxygen atoms in total. The number of rotatable bonds is 4. The first-order valence-electron chi connectivity index (χ1n) is 5.47. The van der Waals surface area contributed by atoms with Crippen molar-refractivity contribution in [3.05, 3.63) is 50.9 Å². The molecular formula is C13H13IN2O2. The zero-order valence-corrected chi connectivity index (χ0v) is 12.0. The number of aromatic nitrogens is 1. The molecule has 5 heteroatoms. The molecule has 0 radical (unpaired) electrons. The van der Waals surface area contributed by atoms with Crippen LogP contribution in [-0.2, 0) is 6.54 Å². The highest BCUT2D eigenvalue weighted by Gasteiger charge is 2.10. The number of aryl methyl sites for hydroxylation is 1. The maximum atomic E-state index is 11.0. The van der Waals surface area contributed by atoms with E-state index in [1.54, 1.807) is 12.3 Å². The Morgan fingerprint density at radius 2 is 2.22 bits per heavy atom. The standard InChI is InChI=1S/C13H13IN2O2/c1-8-2-3-9(14)6-11(8)16-7-12-10(13(17)18)4-5-15-12/h2-6,15-16H,7H2,1H3,(H,17,18). The predicted molar refractivity (Wildman–Crippen MR) is 79.0 cm³/mol. The fourth-order valence-corrected chi connectivity index (χ4v) is 2.21. The van der Waals surface area contributed by atoms with E-state index in [0.29, 0.717) is 17.8 Å². The Bertz CT molecular complexity index is 578. The number of aromatic carboxylic acids is 1. The van der Waals surface area contributed by atoms with Gasteiger partial charge in [0.2, 0.25) is 0 Å². The van der Waals surface area contributed by atoms with Crippen molar-refractivity contribution >= 4 is 34.2 Å². The first kappa shape index (κ1) is 12.9. The van der Waals surface area contributed by atoms with Crippen molar-refractivity contribution in [1.82, 2.24) is 4.98 Å². The molecule has 1 aromatic heterocycles. The summed E-state index contributed by atoms with van der Waals surface area (Å²) in [6.07, 6.45) is 1.64. The van der Waals surface area contributed by atoms with Crippen molar-refractivity contribution in [3.8, 4) is 0 Å². The molecule has 94 valence electrons. The average molecular weight is 356 g/mol. The van der Waals surface area contributed by atoms with E-state index in [-0.39, 0.29) is 0 Å². The van der Waals surface area contributed by atoms with E-state index >= 15 is 0 Å². The molecule has 2 aromatic rings. The van der Waals surface area contributed by atoms with Gasteiger partial charge in [0.1, 0.15) is 0 Å². The van der Waals surface area contributed by atoms with Gasteiger partial charge >= 0.3 is 5.97 Å². The number of carbonyl (C=O) groups is 1. The van der Waals surface area contributed by atoms with Gasteiger partial charge in [-0.25, -0.2) is 4.79 Å². The molecule has 3 N–H and O–H groups in total. The SMILES string of the molecule is Cc1ccc(I)cc1NCc1[nH]ccc1C(=O)O. The number of carboxylic acid groups (broad SMARTS) is 1. The number of halogens is 1. The predicted octanol–water partition coefficient (Wildman–Crippen LogP) is 3.24. The zero-order valence-electron chi connectivity index (χ0n) is 9.83. The zero-order chi connectivity index (χ0) is 13.1. The summed E-state index contributed by atoms with van der Waals surface area (Å²) in [6.45, 7) is 2.49. The van der Waals surface area contributed by atoms with Crippen LogP contribution in [0.3, 0.4) is 0 Å². The summed E-state index contributed by atoms with van der Waals surface area (Å²) >= 11 is 2.25. The van der Waals surface area contributed by atoms with Gasteiger partial charge in [-0.2, -0.15) is 0 Å². The van der Waals surface area contributed by atoms with Crippen LogP contribution in [0.15, 0.2) is 30.5 Å². The minimum absolute atomic E-state index is 0.311. The highest BCUT2D eigenvalue weighted by molar-refractivity contribution is 14.1. The molecule has 0 amide bonds. The summed E-state index contributed by atoms with van der Waals surface area (Å²) in [4.78, 5) is 13.9. The van der Waals surface area contributed by atoms with Crippen molar-refractivity contribution in [2.45, 2.75) is 13.5 Å². The molecule has 0 atom stereocenters. The minimum Gasteiger partial charge on any atom is -0.478 e. The number of hydrogen-bond acceptors (Lipinski definition) is 2. The van der Waals surface area contributed by atoms with Gasteiger partial charge in [0.25, 0.3) is 0 Å². The monoisotopic (exact) mass is 356 g/mol. The van der Waals surface area contributed by atoms with Gasteiger partial charge in [0.15, 0.2) is 0 Å². The average Bonchev–Trinajstić information content (AvgIpc) is 2.79. The van der Waals surface area contributed by atoms with E-state index < -0.39 is 5.97 Å². The summed E-state index contributed by atoms with van der Waals surface area (Å²) in [7, 11) is 0. The second-order valence-corrected chi connectivity index (χ2v) is 5.23. The third kappa shape index (κ3) is 2.84. The van der Waals surface area contributed by atoms with Gasteiger partial charge in [0.05, 0.1) is 12.1 Å². The van der Waals surface area contributed by atoms with Crippen LogP contribution in [0, 0.1) is 10.5 Å². The first-order valence-corrected chi connectivity index (χ1v) is 6.55. The first-order chi connectivity index (χ1) is 8.58. The lowest BCUT2D eigenvalue weighted by molar-refractivity contribution is 0.0696. The smallest absolute Gasteiger partial charge is 0.337 e. The van der Waals surface area contributed by atoms with Gasteiger partial charge in [-0.05, 0) is 53.3 Å². The van der Waals surface area contributed by atoms with Crippen LogP contribution in [0.5, 0.6) is 0 Å². The van der Waals surface area contributed by atoms with E-state index in [0.717, 1.165) is 14.8 Å². The summed E-state index contributed by atoms with van der Waals surface area (Å²) in [5, 5.41) is 12.3. The van der Waals surface area contributed by atoms with Gasteiger partial charge in [-0.3, -0.25) is 0 Å². The maximum Gasteiger partial charge on any atom is 0.337 e. The highest BCUT2D eigenvalue weighted by atomic mass is 127. The third-order valence-corrected chi connectivity index (χ3v) is 3.39. The second-order valence-electron chi connectivity index (χ2n) is 3.99. The van der Waals surface area contributed by atoms with Crippen LogP contribution in [0.2, 0.25) is 0 Å². The van der Waals surface area contributed by atoms with Crippen LogP contribution in [0.4, 0.5) is 5.69 Å². The lowest BCUT2D eigenvalue weighted by Crippen LogP contribution is -2.06. The Morgan fingerprint density at radius 3 is 2.94 bits per heavy atom. The summed E-state index contributed by atoms with van der Waals surface area (Å²) in [5.41, 5.74) is 3.15. The van der Waals surface area contributed by atoms with Crippen molar-refractivity contribution in [2.75, 3.05) is 5.32 Å². The topological polar surface area (TPSA) is 65.1 Å². The molecule has 0 unspecified atom stereocenters. The van der Waals surface area contributed by atoms with Crippen molar-refractivity contribution in [2.24, 2.45) is 0 Å². The molecule has 0 saturated heterocycles. The number of carboxylic acids is 1. The Hall–Kier alpha value is -1.50. The number of hydrogen-bond donors (Lipinski definition) is 3. The molecule has 0 aliphatic heterocycles. The third-order valence-electron chi connectivity index (χ3n) is 2.72. The van der Waals surface area contributed by atoms with Gasteiger partial charge < -0.3 is 15.4 Å². The lowest BCUT2D eigenvalue weighted by atomic mass is 10.2. The number of anilines is 1. The molecule has 1 heterocycles. The molecule has 0 aliphatic carbocycles. The maximum absolute atomic E-state index is 11.0. The number of nitrogens with one attached hydrogen (secondary N) is 2. The number of benzene rings is 1. The fraction of sp³-hybridized carbons (Fsp3) is 0.154. The molecular weight excluding hydrogens is 343 g/mol.